The summed E-state index contributed by atoms with van der Waals surface area (Å²) in [6.07, 6.45) is 1.16. The van der Waals surface area contributed by atoms with Gasteiger partial charge < -0.3 is 0 Å². The number of halogens is 2. The lowest BCUT2D eigenvalue weighted by molar-refractivity contribution is 0.129. The van der Waals surface area contributed by atoms with Gasteiger partial charge in [-0.15, -0.1) is 0 Å². The third-order valence-corrected chi connectivity index (χ3v) is 4.75. The highest BCUT2D eigenvalue weighted by Crippen LogP contribution is 2.19. The molecule has 2 rings (SSSR count). The van der Waals surface area contributed by atoms with E-state index in [0.29, 0.717) is 24.7 Å². The molecule has 1 fully saturated rings. The number of hydrogen-bond acceptors (Lipinski definition) is 4. The van der Waals surface area contributed by atoms with E-state index >= 15 is 0 Å². The molecule has 1 heterocycles. The summed E-state index contributed by atoms with van der Waals surface area (Å²) in [6, 6.07) is 4.48. The van der Waals surface area contributed by atoms with Crippen molar-refractivity contribution in [2.24, 2.45) is 0 Å². The van der Waals surface area contributed by atoms with Crippen LogP contribution in [-0.4, -0.2) is 63.7 Å². The van der Waals surface area contributed by atoms with Crippen molar-refractivity contribution in [2.45, 2.75) is 6.54 Å². The summed E-state index contributed by atoms with van der Waals surface area (Å²) in [5.41, 5.74) is 0.926. The Hall–Kier alpha value is -0.730. The van der Waals surface area contributed by atoms with Gasteiger partial charge in [0.1, 0.15) is 5.82 Å². The molecule has 0 aromatic heterocycles. The molecule has 0 saturated carbocycles. The van der Waals surface area contributed by atoms with Crippen molar-refractivity contribution in [3.05, 3.63) is 34.6 Å². The fourth-order valence-corrected chi connectivity index (χ4v) is 3.14. The minimum absolute atomic E-state index is 0.322. The SMILES string of the molecule is CS(=O)(=O)NCCN1CCN(Cc2ccc(F)cc2Cl)CC1. The van der Waals surface area contributed by atoms with Gasteiger partial charge in [-0.2, -0.15) is 0 Å². The third-order valence-electron chi connectivity index (χ3n) is 3.67. The van der Waals surface area contributed by atoms with Gasteiger partial charge in [-0.1, -0.05) is 17.7 Å². The Morgan fingerprint density at radius 1 is 1.23 bits per heavy atom. The van der Waals surface area contributed by atoms with Crippen molar-refractivity contribution in [1.82, 2.24) is 14.5 Å². The minimum atomic E-state index is -3.12. The van der Waals surface area contributed by atoms with Crippen molar-refractivity contribution in [3.63, 3.8) is 0 Å². The monoisotopic (exact) mass is 349 g/mol. The van der Waals surface area contributed by atoms with Crippen molar-refractivity contribution < 1.29 is 12.8 Å². The molecule has 124 valence electrons. The predicted octanol–water partition coefficient (Wildman–Crippen LogP) is 1.15. The van der Waals surface area contributed by atoms with Gasteiger partial charge in [-0.3, -0.25) is 9.80 Å². The van der Waals surface area contributed by atoms with Crippen LogP contribution in [0.25, 0.3) is 0 Å². The molecule has 0 spiro atoms. The molecular formula is C14H21ClFN3O2S. The van der Waals surface area contributed by atoms with Gasteiger partial charge in [0.25, 0.3) is 0 Å². The summed E-state index contributed by atoms with van der Waals surface area (Å²) in [7, 11) is -3.12. The number of sulfonamides is 1. The van der Waals surface area contributed by atoms with Gasteiger partial charge in [0.2, 0.25) is 10.0 Å². The van der Waals surface area contributed by atoms with Crippen molar-refractivity contribution in [2.75, 3.05) is 45.5 Å². The molecule has 0 aliphatic carbocycles. The molecule has 1 aromatic rings. The maximum atomic E-state index is 13.0. The van der Waals surface area contributed by atoms with Crippen molar-refractivity contribution in [1.29, 1.82) is 0 Å². The second-order valence-electron chi connectivity index (χ2n) is 5.52. The van der Waals surface area contributed by atoms with Crippen molar-refractivity contribution >= 4 is 21.6 Å². The largest absolute Gasteiger partial charge is 0.299 e. The highest BCUT2D eigenvalue weighted by molar-refractivity contribution is 7.88. The van der Waals surface area contributed by atoms with E-state index in [1.165, 1.54) is 12.1 Å². The number of rotatable bonds is 6. The van der Waals surface area contributed by atoms with E-state index in [9.17, 15) is 12.8 Å². The summed E-state index contributed by atoms with van der Waals surface area (Å²) in [4.78, 5) is 4.49. The summed E-state index contributed by atoms with van der Waals surface area (Å²) in [6.45, 7) is 5.36. The number of benzene rings is 1. The minimum Gasteiger partial charge on any atom is -0.299 e. The molecule has 8 heteroatoms. The topological polar surface area (TPSA) is 52.7 Å². The molecule has 1 N–H and O–H groups in total. The zero-order valence-electron chi connectivity index (χ0n) is 12.6. The Labute approximate surface area is 136 Å². The van der Waals surface area contributed by atoms with Crippen LogP contribution in [0.4, 0.5) is 4.39 Å². The van der Waals surface area contributed by atoms with E-state index < -0.39 is 10.0 Å². The van der Waals surface area contributed by atoms with Crippen LogP contribution in [0.5, 0.6) is 0 Å². The van der Waals surface area contributed by atoms with E-state index in [4.69, 9.17) is 11.6 Å². The first-order valence-corrected chi connectivity index (χ1v) is 9.44. The van der Waals surface area contributed by atoms with Gasteiger partial charge in [-0.05, 0) is 17.7 Å². The molecule has 1 aliphatic rings. The molecule has 1 aromatic carbocycles. The second-order valence-corrected chi connectivity index (χ2v) is 7.76. The lowest BCUT2D eigenvalue weighted by Gasteiger charge is -2.34. The lowest BCUT2D eigenvalue weighted by atomic mass is 10.2. The molecule has 22 heavy (non-hydrogen) atoms. The zero-order chi connectivity index (χ0) is 16.2. The van der Waals surface area contributed by atoms with Gasteiger partial charge in [0, 0.05) is 50.8 Å². The molecule has 0 bridgehead atoms. The van der Waals surface area contributed by atoms with Crippen molar-refractivity contribution in [3.8, 4) is 0 Å². The first-order chi connectivity index (χ1) is 10.3. The molecular weight excluding hydrogens is 329 g/mol. The summed E-state index contributed by atoms with van der Waals surface area (Å²) in [5, 5.41) is 0.458. The molecule has 5 nitrogen and oxygen atoms in total. The van der Waals surface area contributed by atoms with Crippen LogP contribution < -0.4 is 4.72 Å². The number of nitrogens with zero attached hydrogens (tertiary/aromatic N) is 2. The Bertz CT molecular complexity index is 604. The van der Waals surface area contributed by atoms with E-state index in [2.05, 4.69) is 14.5 Å². The fourth-order valence-electron chi connectivity index (χ4n) is 2.45. The fraction of sp³-hybridized carbons (Fsp3) is 0.571. The van der Waals surface area contributed by atoms with Crippen LogP contribution in [0.1, 0.15) is 5.56 Å². The third kappa shape index (κ3) is 5.81. The van der Waals surface area contributed by atoms with Crippen LogP contribution >= 0.6 is 11.6 Å². The summed E-state index contributed by atoms with van der Waals surface area (Å²) < 4.78 is 37.5. The van der Waals surface area contributed by atoms with E-state index in [0.717, 1.165) is 38.0 Å². The second kappa shape index (κ2) is 7.70. The van der Waals surface area contributed by atoms with E-state index in [1.807, 2.05) is 0 Å². The first kappa shape index (κ1) is 17.6. The Morgan fingerprint density at radius 3 is 2.45 bits per heavy atom. The predicted molar refractivity (Wildman–Crippen MR) is 86.0 cm³/mol. The molecule has 1 saturated heterocycles. The lowest BCUT2D eigenvalue weighted by Crippen LogP contribution is -2.47. The first-order valence-electron chi connectivity index (χ1n) is 7.17. The number of piperazine rings is 1. The Balaban J connectivity index is 1.75. The van der Waals surface area contributed by atoms with Gasteiger partial charge >= 0.3 is 0 Å². The van der Waals surface area contributed by atoms with Crippen LogP contribution in [0.3, 0.4) is 0 Å². The Morgan fingerprint density at radius 2 is 1.86 bits per heavy atom. The normalized spacial score (nSPS) is 17.8. The van der Waals surface area contributed by atoms with Crippen LogP contribution in [0, 0.1) is 5.82 Å². The molecule has 0 atom stereocenters. The van der Waals surface area contributed by atoms with Crippen LogP contribution in [-0.2, 0) is 16.6 Å². The van der Waals surface area contributed by atoms with Gasteiger partial charge in [-0.25, -0.2) is 17.5 Å². The van der Waals surface area contributed by atoms with Crippen LogP contribution in [0.15, 0.2) is 18.2 Å². The van der Waals surface area contributed by atoms with Gasteiger partial charge in [0.05, 0.1) is 6.26 Å². The summed E-state index contributed by atoms with van der Waals surface area (Å²) in [5.74, 6) is -0.322. The number of hydrogen-bond donors (Lipinski definition) is 1. The quantitative estimate of drug-likeness (QED) is 0.837. The average molecular weight is 350 g/mol. The maximum Gasteiger partial charge on any atom is 0.208 e. The zero-order valence-corrected chi connectivity index (χ0v) is 14.1. The molecule has 0 radical (unpaired) electrons. The average Bonchev–Trinajstić information content (AvgIpc) is 2.42. The number of nitrogens with one attached hydrogen (secondary N) is 1. The maximum absolute atomic E-state index is 13.0. The molecule has 1 aliphatic heterocycles. The Kier molecular flexibility index (Phi) is 6.17. The van der Waals surface area contributed by atoms with Crippen LogP contribution in [0.2, 0.25) is 5.02 Å². The highest BCUT2D eigenvalue weighted by atomic mass is 35.5. The van der Waals surface area contributed by atoms with Gasteiger partial charge in [0.15, 0.2) is 0 Å². The van der Waals surface area contributed by atoms with E-state index in [-0.39, 0.29) is 5.82 Å². The standard InChI is InChI=1S/C14H21ClFN3O2S/c1-22(20,21)17-4-5-18-6-8-19(9-7-18)11-12-2-3-13(16)10-14(12)15/h2-3,10,17H,4-9,11H2,1H3. The highest BCUT2D eigenvalue weighted by Gasteiger charge is 2.17. The van der Waals surface area contributed by atoms with E-state index in [1.54, 1.807) is 6.07 Å². The molecule has 0 amide bonds. The summed E-state index contributed by atoms with van der Waals surface area (Å²) >= 11 is 6.05. The smallest absolute Gasteiger partial charge is 0.208 e. The molecule has 0 unspecified atom stereocenters.